The third-order valence-electron chi connectivity index (χ3n) is 3.06. The van der Waals surface area contributed by atoms with Crippen molar-refractivity contribution in [2.45, 2.75) is 13.0 Å². The number of benzene rings is 1. The molecule has 5 nitrogen and oxygen atoms in total. The molecule has 0 bridgehead atoms. The van der Waals surface area contributed by atoms with Crippen LogP contribution < -0.4 is 15.0 Å². The third-order valence-corrected chi connectivity index (χ3v) is 3.06. The SMILES string of the molecule is COc1cccc(N2CCNC(=O)C2)c1[C@@H](C)O. The van der Waals surface area contributed by atoms with E-state index >= 15 is 0 Å². The molecular weight excluding hydrogens is 232 g/mol. The van der Waals surface area contributed by atoms with Crippen LogP contribution in [0.25, 0.3) is 0 Å². The smallest absolute Gasteiger partial charge is 0.239 e. The largest absolute Gasteiger partial charge is 0.496 e. The Morgan fingerprint density at radius 1 is 1.50 bits per heavy atom. The number of amides is 1. The number of piperazine rings is 1. The zero-order valence-corrected chi connectivity index (χ0v) is 10.6. The lowest BCUT2D eigenvalue weighted by Gasteiger charge is -2.31. The summed E-state index contributed by atoms with van der Waals surface area (Å²) in [4.78, 5) is 13.4. The molecule has 1 heterocycles. The molecule has 0 aromatic heterocycles. The van der Waals surface area contributed by atoms with Crippen molar-refractivity contribution in [3.05, 3.63) is 23.8 Å². The van der Waals surface area contributed by atoms with Crippen molar-refractivity contribution < 1.29 is 14.6 Å². The first-order valence-electron chi connectivity index (χ1n) is 6.00. The Hall–Kier alpha value is -1.75. The van der Waals surface area contributed by atoms with Gasteiger partial charge in [0.2, 0.25) is 5.91 Å². The van der Waals surface area contributed by atoms with Gasteiger partial charge in [0.05, 0.1) is 19.8 Å². The van der Waals surface area contributed by atoms with Crippen LogP contribution in [0.3, 0.4) is 0 Å². The van der Waals surface area contributed by atoms with E-state index in [0.717, 1.165) is 17.8 Å². The summed E-state index contributed by atoms with van der Waals surface area (Å²) in [7, 11) is 1.58. The van der Waals surface area contributed by atoms with Crippen molar-refractivity contribution in [3.8, 4) is 5.75 Å². The molecule has 5 heteroatoms. The van der Waals surface area contributed by atoms with Crippen LogP contribution in [0.1, 0.15) is 18.6 Å². The highest BCUT2D eigenvalue weighted by molar-refractivity contribution is 5.83. The highest BCUT2D eigenvalue weighted by Crippen LogP contribution is 2.34. The Bertz CT molecular complexity index is 446. The van der Waals surface area contributed by atoms with Gasteiger partial charge in [-0.15, -0.1) is 0 Å². The molecule has 1 atom stereocenters. The Balaban J connectivity index is 2.39. The zero-order chi connectivity index (χ0) is 13.1. The number of rotatable bonds is 3. The van der Waals surface area contributed by atoms with E-state index in [2.05, 4.69) is 5.32 Å². The fourth-order valence-electron chi connectivity index (χ4n) is 2.25. The lowest BCUT2D eigenvalue weighted by Crippen LogP contribution is -2.48. The molecular formula is C13H18N2O3. The van der Waals surface area contributed by atoms with Crippen LogP contribution in [0.5, 0.6) is 5.75 Å². The first-order valence-corrected chi connectivity index (χ1v) is 6.00. The molecule has 2 rings (SSSR count). The minimum absolute atomic E-state index is 0.000567. The number of carbonyl (C=O) groups excluding carboxylic acids is 1. The lowest BCUT2D eigenvalue weighted by molar-refractivity contribution is -0.120. The fourth-order valence-corrected chi connectivity index (χ4v) is 2.25. The lowest BCUT2D eigenvalue weighted by atomic mass is 10.1. The molecule has 0 radical (unpaired) electrons. The topological polar surface area (TPSA) is 61.8 Å². The second kappa shape index (κ2) is 5.27. The summed E-state index contributed by atoms with van der Waals surface area (Å²) in [5.74, 6) is 0.647. The third kappa shape index (κ3) is 2.41. The second-order valence-electron chi connectivity index (χ2n) is 4.34. The first-order chi connectivity index (χ1) is 8.63. The zero-order valence-electron chi connectivity index (χ0n) is 10.6. The molecule has 2 N–H and O–H groups in total. The average molecular weight is 250 g/mol. The van der Waals surface area contributed by atoms with Crippen LogP contribution in [0.2, 0.25) is 0 Å². The van der Waals surface area contributed by atoms with Crippen LogP contribution in [0, 0.1) is 0 Å². The van der Waals surface area contributed by atoms with Gasteiger partial charge in [0.15, 0.2) is 0 Å². The van der Waals surface area contributed by atoms with Gasteiger partial charge < -0.3 is 20.1 Å². The van der Waals surface area contributed by atoms with E-state index in [0.29, 0.717) is 18.8 Å². The van der Waals surface area contributed by atoms with E-state index in [1.165, 1.54) is 0 Å². The Kier molecular flexibility index (Phi) is 3.72. The van der Waals surface area contributed by atoms with Gasteiger partial charge in [-0.1, -0.05) is 6.07 Å². The van der Waals surface area contributed by atoms with Gasteiger partial charge in [0.25, 0.3) is 0 Å². The van der Waals surface area contributed by atoms with Crippen LogP contribution in [-0.2, 0) is 4.79 Å². The minimum atomic E-state index is -0.638. The maximum absolute atomic E-state index is 11.4. The van der Waals surface area contributed by atoms with Gasteiger partial charge in [0, 0.05) is 24.3 Å². The summed E-state index contributed by atoms with van der Waals surface area (Å²) >= 11 is 0. The molecule has 1 aliphatic heterocycles. The highest BCUT2D eigenvalue weighted by Gasteiger charge is 2.22. The molecule has 0 unspecified atom stereocenters. The second-order valence-corrected chi connectivity index (χ2v) is 4.34. The van der Waals surface area contributed by atoms with E-state index < -0.39 is 6.10 Å². The summed E-state index contributed by atoms with van der Waals surface area (Å²) in [5.41, 5.74) is 1.59. The van der Waals surface area contributed by atoms with Gasteiger partial charge >= 0.3 is 0 Å². The van der Waals surface area contributed by atoms with Gasteiger partial charge in [0.1, 0.15) is 5.75 Å². The fraction of sp³-hybridized carbons (Fsp3) is 0.462. The Morgan fingerprint density at radius 2 is 2.28 bits per heavy atom. The number of ether oxygens (including phenoxy) is 1. The predicted octanol–water partition coefficient (Wildman–Crippen LogP) is 0.685. The normalized spacial score (nSPS) is 17.3. The first kappa shape index (κ1) is 12.7. The summed E-state index contributed by atoms with van der Waals surface area (Å²) in [6, 6.07) is 5.59. The van der Waals surface area contributed by atoms with E-state index in [1.54, 1.807) is 14.0 Å². The molecule has 0 saturated carbocycles. The summed E-state index contributed by atoms with van der Waals surface area (Å²) in [6.45, 7) is 3.37. The molecule has 0 aliphatic carbocycles. The van der Waals surface area contributed by atoms with Crippen molar-refractivity contribution in [2.75, 3.05) is 31.6 Å². The van der Waals surface area contributed by atoms with E-state index in [1.807, 2.05) is 23.1 Å². The molecule has 1 aromatic rings. The van der Waals surface area contributed by atoms with Crippen LogP contribution in [0.15, 0.2) is 18.2 Å². The van der Waals surface area contributed by atoms with Crippen LogP contribution in [0.4, 0.5) is 5.69 Å². The predicted molar refractivity (Wildman–Crippen MR) is 68.9 cm³/mol. The number of aliphatic hydroxyl groups is 1. The van der Waals surface area contributed by atoms with Crippen molar-refractivity contribution in [1.29, 1.82) is 0 Å². The number of hydrogen-bond acceptors (Lipinski definition) is 4. The highest BCUT2D eigenvalue weighted by atomic mass is 16.5. The molecule has 98 valence electrons. The number of nitrogens with one attached hydrogen (secondary N) is 1. The molecule has 1 fully saturated rings. The Labute approximate surface area is 106 Å². The number of nitrogens with zero attached hydrogens (tertiary/aromatic N) is 1. The maximum Gasteiger partial charge on any atom is 0.239 e. The number of anilines is 1. The molecule has 0 spiro atoms. The molecule has 1 amide bonds. The monoisotopic (exact) mass is 250 g/mol. The van der Waals surface area contributed by atoms with Crippen molar-refractivity contribution >= 4 is 11.6 Å². The van der Waals surface area contributed by atoms with Crippen LogP contribution in [-0.4, -0.2) is 37.8 Å². The standard InChI is InChI=1S/C13H18N2O3/c1-9(16)13-10(4-3-5-11(13)18-2)15-7-6-14-12(17)8-15/h3-5,9,16H,6-8H2,1-2H3,(H,14,17)/t9-/m1/s1. The quantitative estimate of drug-likeness (QED) is 0.828. The van der Waals surface area contributed by atoms with Crippen molar-refractivity contribution in [3.63, 3.8) is 0 Å². The van der Waals surface area contributed by atoms with E-state index in [9.17, 15) is 9.90 Å². The summed E-state index contributed by atoms with van der Waals surface area (Å²) < 4.78 is 5.28. The van der Waals surface area contributed by atoms with Gasteiger partial charge in [-0.2, -0.15) is 0 Å². The van der Waals surface area contributed by atoms with Crippen molar-refractivity contribution in [1.82, 2.24) is 5.32 Å². The average Bonchev–Trinajstić information content (AvgIpc) is 2.37. The number of carbonyl (C=O) groups is 1. The number of methoxy groups -OCH3 is 1. The summed E-state index contributed by atoms with van der Waals surface area (Å²) in [5, 5.41) is 12.7. The maximum atomic E-state index is 11.4. The Morgan fingerprint density at radius 3 is 2.89 bits per heavy atom. The van der Waals surface area contributed by atoms with Gasteiger partial charge in [-0.05, 0) is 19.1 Å². The molecule has 1 saturated heterocycles. The molecule has 18 heavy (non-hydrogen) atoms. The van der Waals surface area contributed by atoms with Gasteiger partial charge in [-0.25, -0.2) is 0 Å². The number of hydrogen-bond donors (Lipinski definition) is 2. The van der Waals surface area contributed by atoms with Crippen molar-refractivity contribution in [2.24, 2.45) is 0 Å². The molecule has 1 aromatic carbocycles. The van der Waals surface area contributed by atoms with E-state index in [-0.39, 0.29) is 5.91 Å². The van der Waals surface area contributed by atoms with Crippen LogP contribution >= 0.6 is 0 Å². The minimum Gasteiger partial charge on any atom is -0.496 e. The molecule has 1 aliphatic rings. The van der Waals surface area contributed by atoms with Gasteiger partial charge in [-0.3, -0.25) is 4.79 Å². The summed E-state index contributed by atoms with van der Waals surface area (Å²) in [6.07, 6.45) is -0.638. The van der Waals surface area contributed by atoms with E-state index in [4.69, 9.17) is 4.74 Å². The number of aliphatic hydroxyl groups excluding tert-OH is 1.